The van der Waals surface area contributed by atoms with Gasteiger partial charge in [-0.1, -0.05) is 18.2 Å². The van der Waals surface area contributed by atoms with E-state index < -0.39 is 0 Å². The summed E-state index contributed by atoms with van der Waals surface area (Å²) in [5, 5.41) is 1.13. The van der Waals surface area contributed by atoms with E-state index in [1.54, 1.807) is 0 Å². The van der Waals surface area contributed by atoms with Crippen molar-refractivity contribution in [2.45, 2.75) is 13.8 Å². The minimum atomic E-state index is 0.763. The molecule has 0 fully saturated rings. The molecule has 2 heterocycles. The van der Waals surface area contributed by atoms with Crippen molar-refractivity contribution in [3.05, 3.63) is 53.7 Å². The summed E-state index contributed by atoms with van der Waals surface area (Å²) in [7, 11) is 0. The van der Waals surface area contributed by atoms with E-state index in [-0.39, 0.29) is 0 Å². The van der Waals surface area contributed by atoms with Gasteiger partial charge in [0.15, 0.2) is 0 Å². The van der Waals surface area contributed by atoms with Crippen LogP contribution in [0.15, 0.2) is 42.6 Å². The topological polar surface area (TPSA) is 30.2 Å². The number of aryl methyl sites for hydroxylation is 2. The lowest BCUT2D eigenvalue weighted by atomic mass is 10.1. The van der Waals surface area contributed by atoms with Gasteiger partial charge in [0.2, 0.25) is 5.78 Å². The molecule has 0 unspecified atom stereocenters. The van der Waals surface area contributed by atoms with Crippen molar-refractivity contribution >= 4 is 27.7 Å². The van der Waals surface area contributed by atoms with Crippen molar-refractivity contribution in [2.75, 3.05) is 0 Å². The molecule has 0 amide bonds. The van der Waals surface area contributed by atoms with Gasteiger partial charge in [-0.3, -0.25) is 4.40 Å². The predicted octanol–water partition coefficient (Wildman–Crippen LogP) is 3.65. The number of fused-ring (bicyclic) bond motifs is 5. The van der Waals surface area contributed by atoms with Gasteiger partial charge in [0.05, 0.1) is 16.6 Å². The molecular weight excluding hydrogens is 234 g/mol. The zero-order chi connectivity index (χ0) is 13.0. The van der Waals surface area contributed by atoms with Crippen LogP contribution in [0.3, 0.4) is 0 Å². The largest absolute Gasteiger partial charge is 0.276 e. The Bertz CT molecular complexity index is 935. The molecular formula is C16H13N3. The number of imidazole rings is 1. The highest BCUT2D eigenvalue weighted by atomic mass is 15.1. The third-order valence-electron chi connectivity index (χ3n) is 3.75. The van der Waals surface area contributed by atoms with Crippen LogP contribution in [0.25, 0.3) is 27.7 Å². The van der Waals surface area contributed by atoms with Gasteiger partial charge in [-0.15, -0.1) is 0 Å². The molecule has 0 spiro atoms. The monoisotopic (exact) mass is 247 g/mol. The molecule has 0 saturated heterocycles. The second kappa shape index (κ2) is 3.54. The first-order chi connectivity index (χ1) is 9.24. The van der Waals surface area contributed by atoms with Crippen molar-refractivity contribution in [1.29, 1.82) is 0 Å². The van der Waals surface area contributed by atoms with Crippen molar-refractivity contribution in [2.24, 2.45) is 0 Å². The first-order valence-corrected chi connectivity index (χ1v) is 6.37. The average Bonchev–Trinajstić information content (AvgIpc) is 2.77. The minimum Gasteiger partial charge on any atom is -0.276 e. The third-order valence-corrected chi connectivity index (χ3v) is 3.75. The molecule has 3 heteroatoms. The fourth-order valence-electron chi connectivity index (χ4n) is 2.57. The van der Waals surface area contributed by atoms with Crippen molar-refractivity contribution in [3.8, 4) is 0 Å². The van der Waals surface area contributed by atoms with Crippen molar-refractivity contribution in [1.82, 2.24) is 14.4 Å². The summed E-state index contributed by atoms with van der Waals surface area (Å²) in [5.74, 6) is 0.763. The molecule has 0 atom stereocenters. The van der Waals surface area contributed by atoms with Gasteiger partial charge in [-0.05, 0) is 43.2 Å². The highest BCUT2D eigenvalue weighted by molar-refractivity contribution is 5.89. The molecule has 4 aromatic rings. The van der Waals surface area contributed by atoms with E-state index in [1.165, 1.54) is 11.1 Å². The Morgan fingerprint density at radius 2 is 1.74 bits per heavy atom. The van der Waals surface area contributed by atoms with Crippen LogP contribution in [-0.4, -0.2) is 14.4 Å². The van der Waals surface area contributed by atoms with Gasteiger partial charge < -0.3 is 0 Å². The van der Waals surface area contributed by atoms with E-state index in [2.05, 4.69) is 58.5 Å². The first kappa shape index (κ1) is 10.5. The average molecular weight is 247 g/mol. The zero-order valence-electron chi connectivity index (χ0n) is 10.9. The minimum absolute atomic E-state index is 0.763. The standard InChI is InChI=1S/C16H13N3/c1-10-7-13-15(8-11(10)2)19-14-6-4-3-5-12(14)9-17-16(19)18-13/h3-9H,1-2H3. The van der Waals surface area contributed by atoms with E-state index in [9.17, 15) is 0 Å². The summed E-state index contributed by atoms with van der Waals surface area (Å²) in [5.41, 5.74) is 5.83. The molecule has 92 valence electrons. The lowest BCUT2D eigenvalue weighted by Crippen LogP contribution is -1.91. The van der Waals surface area contributed by atoms with Crippen LogP contribution in [-0.2, 0) is 0 Å². The van der Waals surface area contributed by atoms with Crippen LogP contribution in [0.5, 0.6) is 0 Å². The number of hydrogen-bond acceptors (Lipinski definition) is 2. The number of aromatic nitrogens is 3. The number of rotatable bonds is 0. The molecule has 0 radical (unpaired) electrons. The Balaban J connectivity index is 2.32. The quantitative estimate of drug-likeness (QED) is 0.475. The maximum atomic E-state index is 4.62. The fraction of sp³-hybridized carbons (Fsp3) is 0.125. The summed E-state index contributed by atoms with van der Waals surface area (Å²) >= 11 is 0. The molecule has 0 bridgehead atoms. The molecule has 4 rings (SSSR count). The van der Waals surface area contributed by atoms with Gasteiger partial charge in [0.25, 0.3) is 0 Å². The number of nitrogens with zero attached hydrogens (tertiary/aromatic N) is 3. The summed E-state index contributed by atoms with van der Waals surface area (Å²) in [6.07, 6.45) is 1.89. The molecule has 19 heavy (non-hydrogen) atoms. The first-order valence-electron chi connectivity index (χ1n) is 6.37. The molecule has 0 aliphatic carbocycles. The number of benzene rings is 2. The van der Waals surface area contributed by atoms with E-state index in [4.69, 9.17) is 0 Å². The highest BCUT2D eigenvalue weighted by Crippen LogP contribution is 2.23. The lowest BCUT2D eigenvalue weighted by Gasteiger charge is -2.03. The van der Waals surface area contributed by atoms with Crippen LogP contribution in [0.1, 0.15) is 11.1 Å². The molecule has 2 aromatic carbocycles. The summed E-state index contributed by atoms with van der Waals surface area (Å²) < 4.78 is 2.14. The highest BCUT2D eigenvalue weighted by Gasteiger charge is 2.09. The summed E-state index contributed by atoms with van der Waals surface area (Å²) in [4.78, 5) is 9.08. The Morgan fingerprint density at radius 3 is 2.63 bits per heavy atom. The Kier molecular flexibility index (Phi) is 1.96. The summed E-state index contributed by atoms with van der Waals surface area (Å²) in [6.45, 7) is 4.25. The van der Waals surface area contributed by atoms with Gasteiger partial charge in [0.1, 0.15) is 0 Å². The normalized spacial score (nSPS) is 11.7. The van der Waals surface area contributed by atoms with Crippen LogP contribution in [0.4, 0.5) is 0 Å². The van der Waals surface area contributed by atoms with Crippen LogP contribution >= 0.6 is 0 Å². The zero-order valence-corrected chi connectivity index (χ0v) is 10.9. The predicted molar refractivity (Wildman–Crippen MR) is 77.5 cm³/mol. The maximum absolute atomic E-state index is 4.62. The third kappa shape index (κ3) is 1.38. The van der Waals surface area contributed by atoms with Gasteiger partial charge in [-0.2, -0.15) is 0 Å². The Labute approximate surface area is 110 Å². The SMILES string of the molecule is Cc1cc2nc3ncc4ccccc4n3c2cc1C. The van der Waals surface area contributed by atoms with Crippen molar-refractivity contribution < 1.29 is 0 Å². The number of hydrogen-bond donors (Lipinski definition) is 0. The smallest absolute Gasteiger partial charge is 0.235 e. The summed E-state index contributed by atoms with van der Waals surface area (Å²) in [6, 6.07) is 12.6. The molecule has 0 aliphatic heterocycles. The van der Waals surface area contributed by atoms with E-state index in [0.717, 1.165) is 27.7 Å². The van der Waals surface area contributed by atoms with Gasteiger partial charge in [0, 0.05) is 11.6 Å². The maximum Gasteiger partial charge on any atom is 0.235 e. The Morgan fingerprint density at radius 1 is 0.947 bits per heavy atom. The molecule has 0 saturated carbocycles. The molecule has 3 nitrogen and oxygen atoms in total. The van der Waals surface area contributed by atoms with Crippen LogP contribution < -0.4 is 0 Å². The van der Waals surface area contributed by atoms with E-state index in [1.807, 2.05) is 12.3 Å². The van der Waals surface area contributed by atoms with E-state index >= 15 is 0 Å². The lowest BCUT2D eigenvalue weighted by molar-refractivity contribution is 1.19. The van der Waals surface area contributed by atoms with Crippen LogP contribution in [0, 0.1) is 13.8 Å². The molecule has 0 aliphatic rings. The second-order valence-electron chi connectivity index (χ2n) is 4.99. The Hall–Kier alpha value is -2.42. The molecule has 0 N–H and O–H groups in total. The van der Waals surface area contributed by atoms with Crippen LogP contribution in [0.2, 0.25) is 0 Å². The molecule has 2 aromatic heterocycles. The fourth-order valence-corrected chi connectivity index (χ4v) is 2.57. The second-order valence-corrected chi connectivity index (χ2v) is 4.99. The van der Waals surface area contributed by atoms with Gasteiger partial charge >= 0.3 is 0 Å². The number of para-hydroxylation sites is 1. The van der Waals surface area contributed by atoms with Crippen molar-refractivity contribution in [3.63, 3.8) is 0 Å². The van der Waals surface area contributed by atoms with E-state index in [0.29, 0.717) is 0 Å². The van der Waals surface area contributed by atoms with Gasteiger partial charge in [-0.25, -0.2) is 9.97 Å².